The molecule has 4 N–H and O–H groups in total. The minimum absolute atomic E-state index is 0.629. The predicted molar refractivity (Wildman–Crippen MR) is 86.5 cm³/mol. The molecule has 19 heavy (non-hydrogen) atoms. The van der Waals surface area contributed by atoms with Gasteiger partial charge in [-0.1, -0.05) is 0 Å². The highest BCUT2D eigenvalue weighted by atomic mass is 32.2. The molecule has 1 aromatic carbocycles. The molecular weight excluding hydrogens is 258 g/mol. The Morgan fingerprint density at radius 2 is 2.16 bits per heavy atom. The van der Waals surface area contributed by atoms with Crippen LogP contribution in [-0.4, -0.2) is 36.9 Å². The maximum Gasteiger partial charge on any atom is 0.0861 e. The summed E-state index contributed by atoms with van der Waals surface area (Å²) in [6.45, 7) is 4.27. The van der Waals surface area contributed by atoms with Crippen LogP contribution in [0, 0.1) is 0 Å². The Morgan fingerprint density at radius 1 is 1.47 bits per heavy atom. The largest absolute Gasteiger partial charge is 0.398 e. The van der Waals surface area contributed by atoms with Gasteiger partial charge in [-0.2, -0.15) is 11.8 Å². The number of hydrogen-bond acceptors (Lipinski definition) is 5. The molecule has 0 saturated heterocycles. The maximum absolute atomic E-state index is 10.1. The Labute approximate surface area is 119 Å². The molecule has 1 rings (SSSR count). The van der Waals surface area contributed by atoms with Gasteiger partial charge in [0.1, 0.15) is 0 Å². The molecule has 0 aliphatic carbocycles. The van der Waals surface area contributed by atoms with Crippen molar-refractivity contribution < 1.29 is 5.11 Å². The monoisotopic (exact) mass is 281 g/mol. The molecule has 5 heteroatoms. The predicted octanol–water partition coefficient (Wildman–Crippen LogP) is 2.32. The van der Waals surface area contributed by atoms with Crippen molar-refractivity contribution in [2.24, 2.45) is 4.99 Å². The molecule has 0 aromatic heterocycles. The van der Waals surface area contributed by atoms with E-state index in [0.29, 0.717) is 5.69 Å². The SMILES string of the molecule is CNc1cc(C=NCCSC)c(N)cc1C(C)(C)O. The Bertz CT molecular complexity index is 453. The van der Waals surface area contributed by atoms with Crippen molar-refractivity contribution in [3.05, 3.63) is 23.3 Å². The molecule has 4 nitrogen and oxygen atoms in total. The molecule has 0 unspecified atom stereocenters. The van der Waals surface area contributed by atoms with Gasteiger partial charge in [0.25, 0.3) is 0 Å². The van der Waals surface area contributed by atoms with Gasteiger partial charge >= 0.3 is 0 Å². The summed E-state index contributed by atoms with van der Waals surface area (Å²) in [6, 6.07) is 3.73. The first kappa shape index (κ1) is 15.9. The molecule has 106 valence electrons. The molecule has 0 radical (unpaired) electrons. The molecule has 1 aromatic rings. The van der Waals surface area contributed by atoms with E-state index >= 15 is 0 Å². The summed E-state index contributed by atoms with van der Waals surface area (Å²) in [5.41, 5.74) is 8.25. The van der Waals surface area contributed by atoms with Crippen LogP contribution in [0.4, 0.5) is 11.4 Å². The van der Waals surface area contributed by atoms with Crippen LogP contribution in [0.25, 0.3) is 0 Å². The van der Waals surface area contributed by atoms with Crippen LogP contribution in [-0.2, 0) is 5.60 Å². The van der Waals surface area contributed by atoms with E-state index in [9.17, 15) is 5.11 Å². The first-order valence-electron chi connectivity index (χ1n) is 6.23. The summed E-state index contributed by atoms with van der Waals surface area (Å²) in [4.78, 5) is 4.34. The summed E-state index contributed by atoms with van der Waals surface area (Å²) >= 11 is 1.76. The summed E-state index contributed by atoms with van der Waals surface area (Å²) in [6.07, 6.45) is 3.85. The Kier molecular flexibility index (Phi) is 5.69. The fourth-order valence-electron chi connectivity index (χ4n) is 1.76. The second-order valence-electron chi connectivity index (χ2n) is 4.86. The summed E-state index contributed by atoms with van der Waals surface area (Å²) in [5.74, 6) is 0.997. The van der Waals surface area contributed by atoms with Gasteiger partial charge in [-0.25, -0.2) is 0 Å². The number of nitrogen functional groups attached to an aromatic ring is 1. The zero-order valence-corrected chi connectivity index (χ0v) is 12.8. The maximum atomic E-state index is 10.1. The fraction of sp³-hybridized carbons (Fsp3) is 0.500. The highest BCUT2D eigenvalue weighted by Gasteiger charge is 2.21. The number of nitrogens with two attached hydrogens (primary N) is 1. The van der Waals surface area contributed by atoms with E-state index < -0.39 is 5.60 Å². The Balaban J connectivity index is 3.06. The lowest BCUT2D eigenvalue weighted by atomic mass is 9.94. The highest BCUT2D eigenvalue weighted by molar-refractivity contribution is 7.98. The van der Waals surface area contributed by atoms with Crippen molar-refractivity contribution >= 4 is 29.4 Å². The van der Waals surface area contributed by atoms with Crippen LogP contribution in [0.2, 0.25) is 0 Å². The van der Waals surface area contributed by atoms with E-state index in [4.69, 9.17) is 5.73 Å². The lowest BCUT2D eigenvalue weighted by molar-refractivity contribution is 0.0794. The number of aliphatic imine (C=N–C) groups is 1. The third-order valence-corrected chi connectivity index (χ3v) is 3.40. The summed E-state index contributed by atoms with van der Waals surface area (Å²) < 4.78 is 0. The van der Waals surface area contributed by atoms with Gasteiger partial charge < -0.3 is 16.2 Å². The quantitative estimate of drug-likeness (QED) is 0.425. The van der Waals surface area contributed by atoms with Crippen molar-refractivity contribution in [2.45, 2.75) is 19.4 Å². The van der Waals surface area contributed by atoms with E-state index in [1.165, 1.54) is 0 Å². The first-order chi connectivity index (χ1) is 8.90. The van der Waals surface area contributed by atoms with Gasteiger partial charge in [0.15, 0.2) is 0 Å². The number of aliphatic hydroxyl groups is 1. The lowest BCUT2D eigenvalue weighted by Gasteiger charge is -2.22. The first-order valence-corrected chi connectivity index (χ1v) is 7.62. The van der Waals surface area contributed by atoms with Crippen molar-refractivity contribution in [3.8, 4) is 0 Å². The molecule has 0 bridgehead atoms. The van der Waals surface area contributed by atoms with Gasteiger partial charge in [-0.05, 0) is 32.2 Å². The van der Waals surface area contributed by atoms with Crippen LogP contribution < -0.4 is 11.1 Å². The molecule has 0 heterocycles. The van der Waals surface area contributed by atoms with Gasteiger partial charge in [0.05, 0.1) is 5.60 Å². The summed E-state index contributed by atoms with van der Waals surface area (Å²) in [5, 5.41) is 13.2. The third kappa shape index (κ3) is 4.44. The van der Waals surface area contributed by atoms with E-state index in [0.717, 1.165) is 29.1 Å². The average molecular weight is 281 g/mol. The van der Waals surface area contributed by atoms with Gasteiger partial charge in [-0.15, -0.1) is 0 Å². The highest BCUT2D eigenvalue weighted by Crippen LogP contribution is 2.31. The molecule has 0 amide bonds. The van der Waals surface area contributed by atoms with Gasteiger partial charge in [0, 0.05) is 48.1 Å². The molecule has 0 fully saturated rings. The van der Waals surface area contributed by atoms with Crippen LogP contribution in [0.3, 0.4) is 0 Å². The zero-order chi connectivity index (χ0) is 14.5. The van der Waals surface area contributed by atoms with E-state index in [1.54, 1.807) is 31.8 Å². The Morgan fingerprint density at radius 3 is 2.68 bits per heavy atom. The molecule has 0 aliphatic rings. The Hall–Kier alpha value is -1.20. The fourth-order valence-corrected chi connectivity index (χ4v) is 2.05. The standard InChI is InChI=1S/C14H23N3OS/c1-14(2,18)11-8-12(15)10(7-13(11)16-3)9-17-5-6-19-4/h7-9,16,18H,5-6,15H2,1-4H3. The molecular formula is C14H23N3OS. The smallest absolute Gasteiger partial charge is 0.0861 e. The summed E-state index contributed by atoms with van der Waals surface area (Å²) in [7, 11) is 1.83. The topological polar surface area (TPSA) is 70.6 Å². The molecule has 0 saturated carbocycles. The van der Waals surface area contributed by atoms with Crippen molar-refractivity contribution in [3.63, 3.8) is 0 Å². The van der Waals surface area contributed by atoms with Gasteiger partial charge in [0.2, 0.25) is 0 Å². The number of hydrogen-bond donors (Lipinski definition) is 3. The zero-order valence-electron chi connectivity index (χ0n) is 12.0. The van der Waals surface area contributed by atoms with Crippen LogP contribution in [0.15, 0.2) is 17.1 Å². The second-order valence-corrected chi connectivity index (χ2v) is 5.85. The minimum Gasteiger partial charge on any atom is -0.398 e. The van der Waals surface area contributed by atoms with Crippen molar-refractivity contribution in [2.75, 3.05) is 36.7 Å². The molecule has 0 atom stereocenters. The number of nitrogens with zero attached hydrogens (tertiary/aromatic N) is 1. The third-order valence-electron chi connectivity index (χ3n) is 2.81. The molecule has 0 spiro atoms. The number of benzene rings is 1. The van der Waals surface area contributed by atoms with Crippen molar-refractivity contribution in [1.29, 1.82) is 0 Å². The normalized spacial score (nSPS) is 12.1. The number of nitrogens with one attached hydrogen (secondary N) is 1. The number of rotatable bonds is 6. The number of thioether (sulfide) groups is 1. The van der Waals surface area contributed by atoms with Crippen LogP contribution in [0.5, 0.6) is 0 Å². The average Bonchev–Trinajstić information content (AvgIpc) is 2.34. The molecule has 0 aliphatic heterocycles. The lowest BCUT2D eigenvalue weighted by Crippen LogP contribution is -2.18. The van der Waals surface area contributed by atoms with Crippen LogP contribution in [0.1, 0.15) is 25.0 Å². The van der Waals surface area contributed by atoms with E-state index in [1.807, 2.05) is 19.2 Å². The van der Waals surface area contributed by atoms with E-state index in [-0.39, 0.29) is 0 Å². The minimum atomic E-state index is -0.930. The van der Waals surface area contributed by atoms with Crippen molar-refractivity contribution in [1.82, 2.24) is 0 Å². The number of anilines is 2. The van der Waals surface area contributed by atoms with Crippen LogP contribution >= 0.6 is 11.8 Å². The second kappa shape index (κ2) is 6.82. The van der Waals surface area contributed by atoms with E-state index in [2.05, 4.69) is 16.6 Å². The van der Waals surface area contributed by atoms with Gasteiger partial charge in [-0.3, -0.25) is 4.99 Å².